The number of urea groups is 1. The summed E-state index contributed by atoms with van der Waals surface area (Å²) in [6, 6.07) is 4.80. The summed E-state index contributed by atoms with van der Waals surface area (Å²) in [4.78, 5) is 24.9. The minimum absolute atomic E-state index is 0.121. The number of nitrogens with one attached hydrogen (secondary N) is 1. The number of amides is 2. The van der Waals surface area contributed by atoms with Crippen LogP contribution in [0.1, 0.15) is 22.8 Å². The van der Waals surface area contributed by atoms with Crippen molar-refractivity contribution in [2.75, 3.05) is 23.4 Å². The fraction of sp³-hybridized carbons (Fsp3) is 0.429. The molecule has 2 N–H and O–H groups in total. The van der Waals surface area contributed by atoms with Crippen molar-refractivity contribution in [1.82, 2.24) is 4.90 Å². The third kappa shape index (κ3) is 3.25. The van der Waals surface area contributed by atoms with Gasteiger partial charge in [-0.3, -0.25) is 0 Å². The number of carbonyl (C=O) groups is 2. The van der Waals surface area contributed by atoms with Gasteiger partial charge in [-0.05, 0) is 37.6 Å². The van der Waals surface area contributed by atoms with E-state index in [-0.39, 0.29) is 17.6 Å². The Kier molecular flexibility index (Phi) is 4.54. The van der Waals surface area contributed by atoms with E-state index in [0.717, 1.165) is 23.6 Å². The van der Waals surface area contributed by atoms with Crippen LogP contribution in [0.2, 0.25) is 0 Å². The second kappa shape index (κ2) is 6.17. The van der Waals surface area contributed by atoms with Crippen molar-refractivity contribution in [2.45, 2.75) is 19.9 Å². The van der Waals surface area contributed by atoms with Crippen molar-refractivity contribution in [1.29, 1.82) is 0 Å². The molecule has 1 saturated heterocycles. The summed E-state index contributed by atoms with van der Waals surface area (Å²) in [5.74, 6) is 0.937. The lowest BCUT2D eigenvalue weighted by Crippen LogP contribution is -2.46. The molecule has 0 bridgehead atoms. The predicted molar refractivity (Wildman–Crippen MR) is 80.7 cm³/mol. The highest BCUT2D eigenvalue weighted by atomic mass is 32.2. The monoisotopic (exact) mass is 294 g/mol. The largest absolute Gasteiger partial charge is 0.478 e. The number of carboxylic acid groups (broad SMARTS) is 1. The molecule has 20 heavy (non-hydrogen) atoms. The number of aryl methyl sites for hydroxylation is 1. The number of carbonyl (C=O) groups excluding carboxylic acids is 1. The van der Waals surface area contributed by atoms with Crippen LogP contribution in [0.25, 0.3) is 0 Å². The molecule has 108 valence electrons. The van der Waals surface area contributed by atoms with Crippen molar-refractivity contribution in [3.8, 4) is 0 Å². The maximum atomic E-state index is 12.2. The Morgan fingerprint density at radius 2 is 2.20 bits per heavy atom. The quantitative estimate of drug-likeness (QED) is 0.880. The summed E-state index contributed by atoms with van der Waals surface area (Å²) in [6.45, 7) is 4.56. The second-order valence-electron chi connectivity index (χ2n) is 4.88. The summed E-state index contributed by atoms with van der Waals surface area (Å²) in [5, 5.41) is 11.8. The molecule has 0 saturated carbocycles. The highest BCUT2D eigenvalue weighted by Crippen LogP contribution is 2.20. The molecule has 1 aromatic carbocycles. The van der Waals surface area contributed by atoms with Crippen molar-refractivity contribution in [3.05, 3.63) is 29.3 Å². The zero-order chi connectivity index (χ0) is 14.7. The highest BCUT2D eigenvalue weighted by molar-refractivity contribution is 7.99. The number of rotatable bonds is 2. The number of nitrogens with zero attached hydrogens (tertiary/aromatic N) is 1. The van der Waals surface area contributed by atoms with Crippen LogP contribution in [-0.4, -0.2) is 46.1 Å². The molecular weight excluding hydrogens is 276 g/mol. The molecule has 1 heterocycles. The van der Waals surface area contributed by atoms with E-state index in [1.807, 2.05) is 23.6 Å². The van der Waals surface area contributed by atoms with Crippen LogP contribution in [-0.2, 0) is 0 Å². The van der Waals surface area contributed by atoms with E-state index in [1.165, 1.54) is 6.07 Å². The summed E-state index contributed by atoms with van der Waals surface area (Å²) >= 11 is 1.85. The number of benzene rings is 1. The Balaban J connectivity index is 2.09. The van der Waals surface area contributed by atoms with Gasteiger partial charge in [0.2, 0.25) is 0 Å². The zero-order valence-electron chi connectivity index (χ0n) is 11.5. The Bertz CT molecular complexity index is 533. The molecule has 0 aromatic heterocycles. The Morgan fingerprint density at radius 3 is 2.80 bits per heavy atom. The van der Waals surface area contributed by atoms with Crippen LogP contribution in [0.5, 0.6) is 0 Å². The van der Waals surface area contributed by atoms with Crippen molar-refractivity contribution in [2.24, 2.45) is 0 Å². The number of thioether (sulfide) groups is 1. The number of aromatic carboxylic acids is 1. The third-order valence-corrected chi connectivity index (χ3v) is 4.53. The molecule has 1 atom stereocenters. The van der Waals surface area contributed by atoms with Crippen LogP contribution in [0.15, 0.2) is 18.2 Å². The second-order valence-corrected chi connectivity index (χ2v) is 6.03. The first-order valence-electron chi connectivity index (χ1n) is 6.48. The fourth-order valence-corrected chi connectivity index (χ4v) is 3.17. The first-order chi connectivity index (χ1) is 9.49. The highest BCUT2D eigenvalue weighted by Gasteiger charge is 2.23. The van der Waals surface area contributed by atoms with E-state index >= 15 is 0 Å². The maximum Gasteiger partial charge on any atom is 0.335 e. The van der Waals surface area contributed by atoms with E-state index in [2.05, 4.69) is 5.32 Å². The van der Waals surface area contributed by atoms with Gasteiger partial charge in [0.1, 0.15) is 0 Å². The minimum atomic E-state index is -0.965. The Morgan fingerprint density at radius 1 is 1.45 bits per heavy atom. The van der Waals surface area contributed by atoms with Gasteiger partial charge in [0.25, 0.3) is 0 Å². The van der Waals surface area contributed by atoms with Gasteiger partial charge in [0.15, 0.2) is 0 Å². The van der Waals surface area contributed by atoms with Gasteiger partial charge in [0.05, 0.1) is 5.56 Å². The molecule has 2 amide bonds. The lowest BCUT2D eigenvalue weighted by atomic mass is 10.1. The average Bonchev–Trinajstić information content (AvgIpc) is 2.41. The standard InChI is InChI=1S/C14H18N2O3S/c1-9-7-11(13(17)18)3-4-12(9)15-14(19)16-5-6-20-8-10(16)2/h3-4,7,10H,5-6,8H2,1-2H3,(H,15,19)(H,17,18). The average molecular weight is 294 g/mol. The molecular formula is C14H18N2O3S. The SMILES string of the molecule is Cc1cc(C(=O)O)ccc1NC(=O)N1CCSCC1C. The molecule has 1 fully saturated rings. The molecule has 0 radical (unpaired) electrons. The fourth-order valence-electron chi connectivity index (χ4n) is 2.15. The minimum Gasteiger partial charge on any atom is -0.478 e. The number of hydrogen-bond donors (Lipinski definition) is 2. The zero-order valence-corrected chi connectivity index (χ0v) is 12.4. The van der Waals surface area contributed by atoms with Gasteiger partial charge in [0, 0.05) is 29.8 Å². The molecule has 0 aliphatic carbocycles. The van der Waals surface area contributed by atoms with Gasteiger partial charge < -0.3 is 15.3 Å². The summed E-state index contributed by atoms with van der Waals surface area (Å²) in [6.07, 6.45) is 0. The molecule has 1 aliphatic heterocycles. The van der Waals surface area contributed by atoms with E-state index in [4.69, 9.17) is 5.11 Å². The molecule has 0 spiro atoms. The third-order valence-electron chi connectivity index (χ3n) is 3.34. The molecule has 6 heteroatoms. The van der Waals surface area contributed by atoms with Gasteiger partial charge in [-0.2, -0.15) is 11.8 Å². The summed E-state index contributed by atoms with van der Waals surface area (Å²) in [7, 11) is 0. The van der Waals surface area contributed by atoms with Gasteiger partial charge >= 0.3 is 12.0 Å². The van der Waals surface area contributed by atoms with E-state index in [1.54, 1.807) is 19.1 Å². The predicted octanol–water partition coefficient (Wildman–Crippen LogP) is 2.66. The lowest BCUT2D eigenvalue weighted by molar-refractivity contribution is 0.0697. The van der Waals surface area contributed by atoms with Crippen LogP contribution in [0.4, 0.5) is 10.5 Å². The van der Waals surface area contributed by atoms with Crippen LogP contribution < -0.4 is 5.32 Å². The van der Waals surface area contributed by atoms with E-state index < -0.39 is 5.97 Å². The molecule has 1 aromatic rings. The Hall–Kier alpha value is -1.69. The van der Waals surface area contributed by atoms with Gasteiger partial charge in [-0.1, -0.05) is 0 Å². The Labute approximate surface area is 122 Å². The summed E-state index contributed by atoms with van der Waals surface area (Å²) in [5.41, 5.74) is 1.63. The van der Waals surface area contributed by atoms with Gasteiger partial charge in [-0.25, -0.2) is 9.59 Å². The van der Waals surface area contributed by atoms with Crippen LogP contribution in [0.3, 0.4) is 0 Å². The number of hydrogen-bond acceptors (Lipinski definition) is 3. The van der Waals surface area contributed by atoms with Crippen molar-refractivity contribution >= 4 is 29.4 Å². The molecule has 1 unspecified atom stereocenters. The molecule has 1 aliphatic rings. The van der Waals surface area contributed by atoms with Crippen LogP contribution >= 0.6 is 11.8 Å². The summed E-state index contributed by atoms with van der Waals surface area (Å²) < 4.78 is 0. The first kappa shape index (κ1) is 14.7. The van der Waals surface area contributed by atoms with Crippen molar-refractivity contribution < 1.29 is 14.7 Å². The normalized spacial score (nSPS) is 18.7. The van der Waals surface area contributed by atoms with E-state index in [9.17, 15) is 9.59 Å². The number of anilines is 1. The first-order valence-corrected chi connectivity index (χ1v) is 7.64. The molecule has 2 rings (SSSR count). The lowest BCUT2D eigenvalue weighted by Gasteiger charge is -2.33. The van der Waals surface area contributed by atoms with Gasteiger partial charge in [-0.15, -0.1) is 0 Å². The van der Waals surface area contributed by atoms with E-state index in [0.29, 0.717) is 5.69 Å². The topological polar surface area (TPSA) is 69.6 Å². The smallest absolute Gasteiger partial charge is 0.335 e. The van der Waals surface area contributed by atoms with Crippen molar-refractivity contribution in [3.63, 3.8) is 0 Å². The maximum absolute atomic E-state index is 12.2. The molecule has 5 nitrogen and oxygen atoms in total. The van der Waals surface area contributed by atoms with Crippen LogP contribution in [0, 0.1) is 6.92 Å². The number of carboxylic acids is 1.